The van der Waals surface area contributed by atoms with E-state index in [9.17, 15) is 4.39 Å². The molecule has 3 rings (SSSR count). The van der Waals surface area contributed by atoms with Crippen LogP contribution in [-0.2, 0) is 6.54 Å². The topological polar surface area (TPSA) is 43.7 Å². The molecule has 2 bridgehead atoms. The van der Waals surface area contributed by atoms with E-state index in [1.54, 1.807) is 12.1 Å². The Labute approximate surface area is 106 Å². The molecule has 1 heterocycles. The normalized spacial score (nSPS) is 26.8. The standard InChI is InChI=1S/C13H17BFNO2/c15-13-4-2-10(6-12(13)14(17)18)8-16-7-9-1-3-11(16)5-9/h2,4,6,9,11,17-18H,1,3,5,7-8H2. The smallest absolute Gasteiger partial charge is 0.423 e. The summed E-state index contributed by atoms with van der Waals surface area (Å²) in [5.74, 6) is 0.273. The number of piperidine rings is 1. The highest BCUT2D eigenvalue weighted by atomic mass is 19.1. The van der Waals surface area contributed by atoms with Gasteiger partial charge in [0.1, 0.15) is 5.82 Å². The van der Waals surface area contributed by atoms with Gasteiger partial charge in [0.2, 0.25) is 0 Å². The van der Waals surface area contributed by atoms with Crippen molar-refractivity contribution in [3.63, 3.8) is 0 Å². The molecule has 0 radical (unpaired) electrons. The summed E-state index contributed by atoms with van der Waals surface area (Å²) in [5, 5.41) is 18.2. The first kappa shape index (κ1) is 12.1. The van der Waals surface area contributed by atoms with Gasteiger partial charge < -0.3 is 10.0 Å². The van der Waals surface area contributed by atoms with Crippen LogP contribution in [0, 0.1) is 11.7 Å². The van der Waals surface area contributed by atoms with Crippen LogP contribution in [0.2, 0.25) is 0 Å². The van der Waals surface area contributed by atoms with Crippen LogP contribution in [-0.4, -0.2) is 34.7 Å². The maximum absolute atomic E-state index is 13.4. The van der Waals surface area contributed by atoms with Crippen LogP contribution in [0.3, 0.4) is 0 Å². The highest BCUT2D eigenvalue weighted by molar-refractivity contribution is 6.58. The lowest BCUT2D eigenvalue weighted by Gasteiger charge is -2.26. The third kappa shape index (κ3) is 2.18. The lowest BCUT2D eigenvalue weighted by atomic mass is 9.79. The van der Waals surface area contributed by atoms with Crippen molar-refractivity contribution in [1.29, 1.82) is 0 Å². The van der Waals surface area contributed by atoms with E-state index >= 15 is 0 Å². The van der Waals surface area contributed by atoms with Crippen LogP contribution < -0.4 is 5.46 Å². The molecule has 2 fully saturated rings. The molecular weight excluding hydrogens is 232 g/mol. The predicted octanol–water partition coefficient (Wildman–Crippen LogP) is 0.490. The van der Waals surface area contributed by atoms with Gasteiger partial charge in [-0.15, -0.1) is 0 Å². The zero-order valence-electron chi connectivity index (χ0n) is 10.2. The Bertz CT molecular complexity index is 455. The van der Waals surface area contributed by atoms with Crippen LogP contribution in [0.5, 0.6) is 0 Å². The van der Waals surface area contributed by atoms with Crippen molar-refractivity contribution in [3.05, 3.63) is 29.6 Å². The van der Waals surface area contributed by atoms with Gasteiger partial charge in [0.25, 0.3) is 0 Å². The summed E-state index contributed by atoms with van der Waals surface area (Å²) in [6.45, 7) is 1.90. The molecule has 2 N–H and O–H groups in total. The van der Waals surface area contributed by atoms with Gasteiger partial charge in [-0.1, -0.05) is 12.1 Å². The fraction of sp³-hybridized carbons (Fsp3) is 0.538. The molecule has 2 aliphatic rings. The zero-order valence-corrected chi connectivity index (χ0v) is 10.2. The molecule has 96 valence electrons. The Kier molecular flexibility index (Phi) is 3.13. The maximum atomic E-state index is 13.4. The van der Waals surface area contributed by atoms with Gasteiger partial charge >= 0.3 is 7.12 Å². The van der Waals surface area contributed by atoms with Crippen LogP contribution >= 0.6 is 0 Å². The minimum Gasteiger partial charge on any atom is -0.423 e. The zero-order chi connectivity index (χ0) is 12.7. The molecule has 1 aliphatic heterocycles. The molecule has 2 unspecified atom stereocenters. The Morgan fingerprint density at radius 3 is 2.78 bits per heavy atom. The van der Waals surface area contributed by atoms with E-state index in [0.717, 1.165) is 24.6 Å². The fourth-order valence-corrected chi connectivity index (χ4v) is 3.34. The molecule has 1 saturated heterocycles. The quantitative estimate of drug-likeness (QED) is 0.766. The second-order valence-corrected chi connectivity index (χ2v) is 5.49. The van der Waals surface area contributed by atoms with E-state index in [1.165, 1.54) is 25.3 Å². The van der Waals surface area contributed by atoms with Gasteiger partial charge in [0, 0.05) is 24.6 Å². The minimum atomic E-state index is -1.74. The van der Waals surface area contributed by atoms with Crippen molar-refractivity contribution in [1.82, 2.24) is 4.90 Å². The monoisotopic (exact) mass is 249 g/mol. The third-order valence-electron chi connectivity index (χ3n) is 4.25. The van der Waals surface area contributed by atoms with Crippen molar-refractivity contribution < 1.29 is 14.4 Å². The Morgan fingerprint density at radius 2 is 2.17 bits per heavy atom. The number of hydrogen-bond donors (Lipinski definition) is 2. The van der Waals surface area contributed by atoms with E-state index < -0.39 is 12.9 Å². The van der Waals surface area contributed by atoms with Crippen molar-refractivity contribution in [2.45, 2.75) is 31.8 Å². The van der Waals surface area contributed by atoms with Gasteiger partial charge in [-0.2, -0.15) is 0 Å². The summed E-state index contributed by atoms with van der Waals surface area (Å²) in [5.41, 5.74) is 0.920. The van der Waals surface area contributed by atoms with Gasteiger partial charge in [-0.25, -0.2) is 4.39 Å². The van der Waals surface area contributed by atoms with Gasteiger partial charge in [0.05, 0.1) is 0 Å². The molecule has 2 atom stereocenters. The highest BCUT2D eigenvalue weighted by Gasteiger charge is 2.37. The molecule has 0 aromatic heterocycles. The number of halogens is 1. The first-order chi connectivity index (χ1) is 8.63. The summed E-state index contributed by atoms with van der Waals surface area (Å²) in [7, 11) is -1.74. The number of nitrogens with zero attached hydrogens (tertiary/aromatic N) is 1. The summed E-state index contributed by atoms with van der Waals surface area (Å²) < 4.78 is 13.4. The van der Waals surface area contributed by atoms with E-state index in [4.69, 9.17) is 10.0 Å². The van der Waals surface area contributed by atoms with Crippen molar-refractivity contribution in [3.8, 4) is 0 Å². The SMILES string of the molecule is OB(O)c1cc(CN2CC3CCC2C3)ccc1F. The fourth-order valence-electron chi connectivity index (χ4n) is 3.34. The molecular formula is C13H17BFNO2. The third-order valence-corrected chi connectivity index (χ3v) is 4.25. The number of rotatable bonds is 3. The summed E-state index contributed by atoms with van der Waals surface area (Å²) in [4.78, 5) is 2.43. The molecule has 3 nitrogen and oxygen atoms in total. The first-order valence-corrected chi connectivity index (χ1v) is 6.52. The van der Waals surface area contributed by atoms with Crippen LogP contribution in [0.1, 0.15) is 24.8 Å². The Hall–Kier alpha value is -0.905. The molecule has 1 aromatic carbocycles. The molecule has 0 spiro atoms. The van der Waals surface area contributed by atoms with E-state index in [-0.39, 0.29) is 5.46 Å². The highest BCUT2D eigenvalue weighted by Crippen LogP contribution is 2.37. The van der Waals surface area contributed by atoms with Crippen LogP contribution in [0.15, 0.2) is 18.2 Å². The first-order valence-electron chi connectivity index (χ1n) is 6.52. The minimum absolute atomic E-state index is 0.0307. The summed E-state index contributed by atoms with van der Waals surface area (Å²) >= 11 is 0. The van der Waals surface area contributed by atoms with Gasteiger partial charge in [-0.05, 0) is 36.8 Å². The molecule has 1 saturated carbocycles. The molecule has 1 aromatic rings. The number of fused-ring (bicyclic) bond motifs is 2. The van der Waals surface area contributed by atoms with Crippen LogP contribution in [0.4, 0.5) is 4.39 Å². The number of benzene rings is 1. The van der Waals surface area contributed by atoms with Crippen LogP contribution in [0.25, 0.3) is 0 Å². The van der Waals surface area contributed by atoms with Gasteiger partial charge in [-0.3, -0.25) is 4.90 Å². The average molecular weight is 249 g/mol. The van der Waals surface area contributed by atoms with Crippen molar-refractivity contribution in [2.24, 2.45) is 5.92 Å². The molecule has 0 amide bonds. The molecule has 1 aliphatic carbocycles. The molecule has 18 heavy (non-hydrogen) atoms. The maximum Gasteiger partial charge on any atom is 0.491 e. The van der Waals surface area contributed by atoms with Gasteiger partial charge in [0.15, 0.2) is 0 Å². The predicted molar refractivity (Wildman–Crippen MR) is 67.8 cm³/mol. The average Bonchev–Trinajstić information content (AvgIpc) is 2.93. The summed E-state index contributed by atoms with van der Waals surface area (Å²) in [6.07, 6.45) is 3.89. The summed E-state index contributed by atoms with van der Waals surface area (Å²) in [6, 6.07) is 5.28. The Balaban J connectivity index is 1.75. The second kappa shape index (κ2) is 4.65. The lowest BCUT2D eigenvalue weighted by Crippen LogP contribution is -2.35. The van der Waals surface area contributed by atoms with E-state index in [2.05, 4.69) is 4.90 Å². The lowest BCUT2D eigenvalue weighted by molar-refractivity contribution is 0.205. The Morgan fingerprint density at radius 1 is 1.33 bits per heavy atom. The largest absolute Gasteiger partial charge is 0.491 e. The molecule has 5 heteroatoms. The number of hydrogen-bond acceptors (Lipinski definition) is 3. The van der Waals surface area contributed by atoms with E-state index in [1.807, 2.05) is 0 Å². The number of likely N-dealkylation sites (tertiary alicyclic amines) is 1. The van der Waals surface area contributed by atoms with Crippen molar-refractivity contribution in [2.75, 3.05) is 6.54 Å². The van der Waals surface area contributed by atoms with Crippen molar-refractivity contribution >= 4 is 12.6 Å². The second-order valence-electron chi connectivity index (χ2n) is 5.49. The van der Waals surface area contributed by atoms with E-state index in [0.29, 0.717) is 6.04 Å².